The molecule has 0 saturated carbocycles. The predicted octanol–water partition coefficient (Wildman–Crippen LogP) is 0.391. The zero-order valence-electron chi connectivity index (χ0n) is 27.9. The van der Waals surface area contributed by atoms with Crippen molar-refractivity contribution in [3.05, 3.63) is 52.6 Å². The molecule has 2 aliphatic heterocycles. The van der Waals surface area contributed by atoms with E-state index in [2.05, 4.69) is 0 Å². The van der Waals surface area contributed by atoms with E-state index in [9.17, 15) is 90.7 Å². The van der Waals surface area contributed by atoms with E-state index in [-0.39, 0.29) is 0 Å². The monoisotopic (exact) mass is 802 g/mol. The maximum Gasteiger partial charge on any atom is 0.344 e. The molecule has 6 rings (SSSR count). The third-order valence-electron chi connectivity index (χ3n) is 8.66. The first kappa shape index (κ1) is 38.8. The Labute approximate surface area is 314 Å². The van der Waals surface area contributed by atoms with Crippen molar-refractivity contribution in [2.75, 3.05) is 6.61 Å². The number of esters is 4. The SMILES string of the molecule is O=C(O[C@@H]1[C@H](OC(=O)c2cc(O)c(O)c(O)c2O)O[C@@H]2COC(=O)c3cc(O)c(O)c(O)c3-c3c(cc(O)c(O)c3O)C(=O)O[C@@H]2[C@@H]1O)c1cc(O)c(O)c(O)c1. The standard InChI is InChI=1S/C34H26O23/c35-11-1-7(2-12(36)20(11)41)30(49)56-29-27(48)28-16(54-34(29)57-33(52)10-5-15(39)23(44)26(47)19(10)40)6-53-31(50)8-3-13(37)21(42)24(45)17(8)18-9(32(51)55-28)4-14(38)22(43)25(18)46/h1-5,16,27-29,34-48H,6H2/t16-,27+,28+,29+,34+/m1/s1. The highest BCUT2D eigenvalue weighted by molar-refractivity contribution is 6.08. The van der Waals surface area contributed by atoms with E-state index in [1.807, 2.05) is 0 Å². The van der Waals surface area contributed by atoms with Gasteiger partial charge in [-0.25, -0.2) is 19.2 Å². The van der Waals surface area contributed by atoms with Gasteiger partial charge in [0.25, 0.3) is 0 Å². The van der Waals surface area contributed by atoms with Gasteiger partial charge in [0.2, 0.25) is 29.3 Å². The summed E-state index contributed by atoms with van der Waals surface area (Å²) < 4.78 is 26.7. The highest BCUT2D eigenvalue weighted by Gasteiger charge is 2.53. The molecular weight excluding hydrogens is 776 g/mol. The van der Waals surface area contributed by atoms with Crippen LogP contribution in [0.25, 0.3) is 11.1 Å². The average molecular weight is 803 g/mol. The average Bonchev–Trinajstić information content (AvgIpc) is 3.18. The van der Waals surface area contributed by atoms with Crippen molar-refractivity contribution in [3.63, 3.8) is 0 Å². The van der Waals surface area contributed by atoms with Crippen LogP contribution in [-0.2, 0) is 23.7 Å². The molecule has 0 aromatic heterocycles. The van der Waals surface area contributed by atoms with Crippen molar-refractivity contribution in [2.24, 2.45) is 0 Å². The Bertz CT molecular complexity index is 2360. The minimum Gasteiger partial charge on any atom is -0.504 e. The summed E-state index contributed by atoms with van der Waals surface area (Å²) in [5, 5.41) is 144. The second-order valence-corrected chi connectivity index (χ2v) is 12.2. The lowest BCUT2D eigenvalue weighted by Crippen LogP contribution is -2.62. The molecule has 0 bridgehead atoms. The smallest absolute Gasteiger partial charge is 0.344 e. The number of rotatable bonds is 4. The molecule has 23 nitrogen and oxygen atoms in total. The van der Waals surface area contributed by atoms with E-state index in [1.54, 1.807) is 0 Å². The zero-order valence-corrected chi connectivity index (χ0v) is 27.9. The Balaban J connectivity index is 1.47. The Morgan fingerprint density at radius 1 is 0.561 bits per heavy atom. The van der Waals surface area contributed by atoms with Crippen molar-refractivity contribution >= 4 is 23.9 Å². The van der Waals surface area contributed by atoms with Crippen molar-refractivity contribution in [2.45, 2.75) is 30.7 Å². The third-order valence-corrected chi connectivity index (χ3v) is 8.66. The lowest BCUT2D eigenvalue weighted by atomic mass is 9.92. The number of carbonyl (C=O) groups is 4. The Kier molecular flexibility index (Phi) is 9.57. The number of aliphatic hydroxyl groups excluding tert-OH is 1. The number of phenols is 13. The summed E-state index contributed by atoms with van der Waals surface area (Å²) in [6, 6.07) is 2.53. The number of carbonyl (C=O) groups excluding carboxylic acids is 4. The summed E-state index contributed by atoms with van der Waals surface area (Å²) in [4.78, 5) is 53.9. The second kappa shape index (κ2) is 14.1. The molecule has 2 heterocycles. The van der Waals surface area contributed by atoms with Crippen molar-refractivity contribution in [3.8, 4) is 85.9 Å². The van der Waals surface area contributed by atoms with E-state index >= 15 is 0 Å². The summed E-state index contributed by atoms with van der Waals surface area (Å²) in [5.74, 6) is -22.6. The molecule has 14 N–H and O–H groups in total. The van der Waals surface area contributed by atoms with Gasteiger partial charge >= 0.3 is 23.9 Å². The molecule has 300 valence electrons. The van der Waals surface area contributed by atoms with E-state index in [4.69, 9.17) is 23.7 Å². The fourth-order valence-electron chi connectivity index (χ4n) is 5.81. The Morgan fingerprint density at radius 2 is 1.05 bits per heavy atom. The predicted molar refractivity (Wildman–Crippen MR) is 175 cm³/mol. The molecule has 57 heavy (non-hydrogen) atoms. The molecule has 2 aliphatic rings. The van der Waals surface area contributed by atoms with Crippen molar-refractivity contribution in [1.82, 2.24) is 0 Å². The summed E-state index contributed by atoms with van der Waals surface area (Å²) in [5.41, 5.74) is -5.71. The van der Waals surface area contributed by atoms with Gasteiger partial charge in [0.1, 0.15) is 24.4 Å². The maximum absolute atomic E-state index is 13.9. The summed E-state index contributed by atoms with van der Waals surface area (Å²) in [6.45, 7) is -1.14. The van der Waals surface area contributed by atoms with E-state index in [0.717, 1.165) is 0 Å². The molecule has 23 heteroatoms. The zero-order chi connectivity index (χ0) is 41.9. The first-order chi connectivity index (χ1) is 26.7. The lowest BCUT2D eigenvalue weighted by molar-refractivity contribution is -0.283. The molecule has 1 saturated heterocycles. The number of cyclic esters (lactones) is 1. The van der Waals surface area contributed by atoms with Gasteiger partial charge in [-0.1, -0.05) is 0 Å². The van der Waals surface area contributed by atoms with Gasteiger partial charge in [0.15, 0.2) is 64.0 Å². The fraction of sp³-hybridized carbons (Fsp3) is 0.176. The van der Waals surface area contributed by atoms with E-state index in [1.165, 1.54) is 0 Å². The fourth-order valence-corrected chi connectivity index (χ4v) is 5.81. The molecule has 0 aliphatic carbocycles. The number of hydrogen-bond donors (Lipinski definition) is 14. The number of phenolic OH excluding ortho intramolecular Hbond substituents is 13. The van der Waals surface area contributed by atoms with Crippen LogP contribution in [0.15, 0.2) is 30.3 Å². The van der Waals surface area contributed by atoms with Gasteiger partial charge in [-0.2, -0.15) is 0 Å². The van der Waals surface area contributed by atoms with Gasteiger partial charge in [0.05, 0.1) is 16.7 Å². The van der Waals surface area contributed by atoms with Gasteiger partial charge in [-0.05, 0) is 24.3 Å². The summed E-state index contributed by atoms with van der Waals surface area (Å²) in [7, 11) is 0. The first-order valence-corrected chi connectivity index (χ1v) is 15.6. The summed E-state index contributed by atoms with van der Waals surface area (Å²) in [6.07, 6.45) is -11.5. The van der Waals surface area contributed by atoms with Crippen LogP contribution in [-0.4, -0.2) is 133 Å². The molecule has 0 spiro atoms. The van der Waals surface area contributed by atoms with Crippen LogP contribution in [0.2, 0.25) is 0 Å². The van der Waals surface area contributed by atoms with Crippen LogP contribution in [0.4, 0.5) is 0 Å². The van der Waals surface area contributed by atoms with E-state index in [0.29, 0.717) is 30.3 Å². The van der Waals surface area contributed by atoms with Crippen LogP contribution >= 0.6 is 0 Å². The number of aromatic hydroxyl groups is 13. The quantitative estimate of drug-likeness (QED) is 0.0574. The molecule has 4 aromatic carbocycles. The third kappa shape index (κ3) is 6.53. The van der Waals surface area contributed by atoms with Crippen LogP contribution in [0.1, 0.15) is 41.4 Å². The number of aliphatic hydroxyl groups is 1. The van der Waals surface area contributed by atoms with Gasteiger partial charge in [0, 0.05) is 17.2 Å². The lowest BCUT2D eigenvalue weighted by Gasteiger charge is -2.42. The van der Waals surface area contributed by atoms with Crippen molar-refractivity contribution < 1.29 is 114 Å². The van der Waals surface area contributed by atoms with Gasteiger partial charge in [-0.3, -0.25) is 0 Å². The van der Waals surface area contributed by atoms with Crippen LogP contribution in [0, 0.1) is 0 Å². The van der Waals surface area contributed by atoms with Gasteiger partial charge < -0.3 is 95.2 Å². The number of ether oxygens (including phenoxy) is 5. The van der Waals surface area contributed by atoms with E-state index < -0.39 is 169 Å². The number of hydrogen-bond acceptors (Lipinski definition) is 23. The number of benzene rings is 4. The Morgan fingerprint density at radius 3 is 1.61 bits per heavy atom. The molecular formula is C34H26O23. The first-order valence-electron chi connectivity index (χ1n) is 15.6. The summed E-state index contributed by atoms with van der Waals surface area (Å²) >= 11 is 0. The molecule has 5 atom stereocenters. The minimum absolute atomic E-state index is 0.411. The molecule has 0 radical (unpaired) electrons. The van der Waals surface area contributed by atoms with Crippen molar-refractivity contribution in [1.29, 1.82) is 0 Å². The normalized spacial score (nSPS) is 20.4. The number of fused-ring (bicyclic) bond motifs is 4. The Hall–Kier alpha value is -7.92. The topological polar surface area (TPSA) is 398 Å². The molecule has 1 fully saturated rings. The largest absolute Gasteiger partial charge is 0.504 e. The second-order valence-electron chi connectivity index (χ2n) is 12.2. The maximum atomic E-state index is 13.9. The molecule has 0 unspecified atom stereocenters. The van der Waals surface area contributed by atoms with Crippen LogP contribution < -0.4 is 0 Å². The molecule has 0 amide bonds. The minimum atomic E-state index is -2.48. The van der Waals surface area contributed by atoms with Gasteiger partial charge in [-0.15, -0.1) is 0 Å². The highest BCUT2D eigenvalue weighted by Crippen LogP contribution is 2.53. The van der Waals surface area contributed by atoms with Crippen LogP contribution in [0.5, 0.6) is 74.7 Å². The van der Waals surface area contributed by atoms with Crippen LogP contribution in [0.3, 0.4) is 0 Å². The molecule has 4 aromatic rings. The highest BCUT2D eigenvalue weighted by atomic mass is 16.7.